The lowest BCUT2D eigenvalue weighted by atomic mass is 10.2. The molecular weight excluding hydrogens is 234 g/mol. The van der Waals surface area contributed by atoms with Crippen LogP contribution < -0.4 is 9.64 Å². The number of carbonyl (C=O) groups is 1. The van der Waals surface area contributed by atoms with Gasteiger partial charge in [0.15, 0.2) is 0 Å². The summed E-state index contributed by atoms with van der Waals surface area (Å²) in [6.45, 7) is 6.34. The number of aliphatic carboxylic acids is 1. The summed E-state index contributed by atoms with van der Waals surface area (Å²) in [4.78, 5) is 20.9. The van der Waals surface area contributed by atoms with Crippen LogP contribution in [0.5, 0.6) is 5.88 Å². The molecule has 18 heavy (non-hydrogen) atoms. The minimum absolute atomic E-state index is 0.0855. The smallest absolute Gasteiger partial charge is 0.323 e. The van der Waals surface area contributed by atoms with Crippen LogP contribution in [-0.4, -0.2) is 41.2 Å². The maximum absolute atomic E-state index is 10.9. The van der Waals surface area contributed by atoms with Crippen molar-refractivity contribution in [3.63, 3.8) is 0 Å². The molecule has 0 saturated carbocycles. The molecule has 6 heteroatoms. The standard InChI is InChI=1S/C12H19N3O3/c1-8(2)6-15(7-12(16)17)10-5-11(18-4)14-9(3)13-10/h5,8H,6-7H2,1-4H3,(H,16,17). The van der Waals surface area contributed by atoms with Gasteiger partial charge < -0.3 is 14.7 Å². The molecule has 1 aromatic rings. The summed E-state index contributed by atoms with van der Waals surface area (Å²) in [7, 11) is 1.52. The van der Waals surface area contributed by atoms with Crippen LogP contribution in [0.25, 0.3) is 0 Å². The summed E-state index contributed by atoms with van der Waals surface area (Å²) in [5.74, 6) is 1.03. The minimum atomic E-state index is -0.883. The number of hydrogen-bond acceptors (Lipinski definition) is 5. The second kappa shape index (κ2) is 6.18. The first-order valence-corrected chi connectivity index (χ1v) is 5.78. The molecule has 100 valence electrons. The molecule has 0 aliphatic rings. The third-order valence-electron chi connectivity index (χ3n) is 2.25. The van der Waals surface area contributed by atoms with Crippen molar-refractivity contribution in [2.75, 3.05) is 25.1 Å². The van der Waals surface area contributed by atoms with Crippen LogP contribution in [-0.2, 0) is 4.79 Å². The number of methoxy groups -OCH3 is 1. The Morgan fingerprint density at radius 2 is 2.17 bits per heavy atom. The van der Waals surface area contributed by atoms with Crippen LogP contribution >= 0.6 is 0 Å². The van der Waals surface area contributed by atoms with Crippen LogP contribution in [0.4, 0.5) is 5.82 Å². The van der Waals surface area contributed by atoms with Gasteiger partial charge in [0.25, 0.3) is 0 Å². The number of carboxylic acid groups (broad SMARTS) is 1. The van der Waals surface area contributed by atoms with Crippen molar-refractivity contribution in [2.45, 2.75) is 20.8 Å². The number of hydrogen-bond donors (Lipinski definition) is 1. The number of anilines is 1. The second-order valence-corrected chi connectivity index (χ2v) is 4.48. The van der Waals surface area contributed by atoms with Gasteiger partial charge in [0, 0.05) is 12.6 Å². The van der Waals surface area contributed by atoms with Gasteiger partial charge in [-0.3, -0.25) is 4.79 Å². The van der Waals surface area contributed by atoms with E-state index in [4.69, 9.17) is 9.84 Å². The molecule has 0 aliphatic carbocycles. The van der Waals surface area contributed by atoms with Crippen molar-refractivity contribution in [3.8, 4) is 5.88 Å². The van der Waals surface area contributed by atoms with Crippen molar-refractivity contribution in [2.24, 2.45) is 5.92 Å². The number of nitrogens with zero attached hydrogens (tertiary/aromatic N) is 3. The predicted molar refractivity (Wildman–Crippen MR) is 68.0 cm³/mol. The average molecular weight is 253 g/mol. The molecule has 0 bridgehead atoms. The zero-order valence-electron chi connectivity index (χ0n) is 11.2. The fourth-order valence-electron chi connectivity index (χ4n) is 1.63. The van der Waals surface area contributed by atoms with Gasteiger partial charge in [-0.25, -0.2) is 4.98 Å². The molecule has 1 heterocycles. The maximum Gasteiger partial charge on any atom is 0.323 e. The second-order valence-electron chi connectivity index (χ2n) is 4.48. The average Bonchev–Trinajstić information content (AvgIpc) is 2.26. The van der Waals surface area contributed by atoms with Gasteiger partial charge in [0.05, 0.1) is 7.11 Å². The summed E-state index contributed by atoms with van der Waals surface area (Å²) >= 11 is 0. The molecule has 0 amide bonds. The van der Waals surface area contributed by atoms with Crippen molar-refractivity contribution < 1.29 is 14.6 Å². The molecule has 0 fully saturated rings. The Labute approximate surface area is 107 Å². The zero-order valence-corrected chi connectivity index (χ0v) is 11.2. The molecule has 1 N–H and O–H groups in total. The monoisotopic (exact) mass is 253 g/mol. The van der Waals surface area contributed by atoms with Crippen molar-refractivity contribution in [1.82, 2.24) is 9.97 Å². The van der Waals surface area contributed by atoms with Crippen LogP contribution in [0.1, 0.15) is 19.7 Å². The third kappa shape index (κ3) is 4.20. The Bertz CT molecular complexity index is 421. The number of rotatable bonds is 6. The molecule has 0 saturated heterocycles. The van der Waals surface area contributed by atoms with Crippen molar-refractivity contribution >= 4 is 11.8 Å². The van der Waals surface area contributed by atoms with Crippen LogP contribution in [0.2, 0.25) is 0 Å². The summed E-state index contributed by atoms with van der Waals surface area (Å²) in [5, 5.41) is 8.94. The fraction of sp³-hybridized carbons (Fsp3) is 0.583. The fourth-order valence-corrected chi connectivity index (χ4v) is 1.63. The van der Waals surface area contributed by atoms with Crippen molar-refractivity contribution in [3.05, 3.63) is 11.9 Å². The predicted octanol–water partition coefficient (Wildman–Crippen LogP) is 1.34. The molecular formula is C12H19N3O3. The van der Waals surface area contributed by atoms with E-state index in [0.29, 0.717) is 30.0 Å². The van der Waals surface area contributed by atoms with Crippen LogP contribution in [0, 0.1) is 12.8 Å². The van der Waals surface area contributed by atoms with Gasteiger partial charge in [0.1, 0.15) is 18.2 Å². The van der Waals surface area contributed by atoms with E-state index in [1.807, 2.05) is 13.8 Å². The van der Waals surface area contributed by atoms with Crippen molar-refractivity contribution in [1.29, 1.82) is 0 Å². The Kier molecular flexibility index (Phi) is 4.88. The summed E-state index contributed by atoms with van der Waals surface area (Å²) in [6, 6.07) is 1.65. The molecule has 0 aromatic carbocycles. The highest BCUT2D eigenvalue weighted by molar-refractivity contribution is 5.73. The van der Waals surface area contributed by atoms with E-state index in [1.54, 1.807) is 17.9 Å². The van der Waals surface area contributed by atoms with E-state index in [1.165, 1.54) is 7.11 Å². The minimum Gasteiger partial charge on any atom is -0.481 e. The maximum atomic E-state index is 10.9. The molecule has 1 rings (SSSR count). The Balaban J connectivity index is 3.02. The Hall–Kier alpha value is -1.85. The lowest BCUT2D eigenvalue weighted by molar-refractivity contribution is -0.135. The van der Waals surface area contributed by atoms with Gasteiger partial charge in [-0.05, 0) is 12.8 Å². The van der Waals surface area contributed by atoms with E-state index in [0.717, 1.165) is 0 Å². The molecule has 1 aromatic heterocycles. The highest BCUT2D eigenvalue weighted by Gasteiger charge is 2.15. The molecule has 0 aliphatic heterocycles. The molecule has 6 nitrogen and oxygen atoms in total. The van der Waals surface area contributed by atoms with E-state index >= 15 is 0 Å². The van der Waals surface area contributed by atoms with Gasteiger partial charge in [-0.1, -0.05) is 13.8 Å². The highest BCUT2D eigenvalue weighted by atomic mass is 16.5. The number of aryl methyl sites for hydroxylation is 1. The van der Waals surface area contributed by atoms with Gasteiger partial charge in [-0.15, -0.1) is 0 Å². The molecule has 0 unspecified atom stereocenters. The van der Waals surface area contributed by atoms with E-state index < -0.39 is 5.97 Å². The highest BCUT2D eigenvalue weighted by Crippen LogP contribution is 2.18. The summed E-state index contributed by atoms with van der Waals surface area (Å²) in [5.41, 5.74) is 0. The Morgan fingerprint density at radius 3 is 2.67 bits per heavy atom. The van der Waals surface area contributed by atoms with E-state index in [2.05, 4.69) is 9.97 Å². The summed E-state index contributed by atoms with van der Waals surface area (Å²) < 4.78 is 5.07. The first-order valence-electron chi connectivity index (χ1n) is 5.78. The molecule has 0 radical (unpaired) electrons. The number of carboxylic acids is 1. The van der Waals surface area contributed by atoms with Gasteiger partial charge >= 0.3 is 5.97 Å². The first kappa shape index (κ1) is 14.2. The third-order valence-corrected chi connectivity index (χ3v) is 2.25. The molecule has 0 atom stereocenters. The normalized spacial score (nSPS) is 10.5. The Morgan fingerprint density at radius 1 is 1.50 bits per heavy atom. The van der Waals surface area contributed by atoms with Gasteiger partial charge in [0.2, 0.25) is 5.88 Å². The number of aromatic nitrogens is 2. The van der Waals surface area contributed by atoms with Crippen LogP contribution in [0.15, 0.2) is 6.07 Å². The number of ether oxygens (including phenoxy) is 1. The van der Waals surface area contributed by atoms with E-state index in [9.17, 15) is 4.79 Å². The lowest BCUT2D eigenvalue weighted by Crippen LogP contribution is -2.33. The van der Waals surface area contributed by atoms with E-state index in [-0.39, 0.29) is 6.54 Å². The lowest BCUT2D eigenvalue weighted by Gasteiger charge is -2.24. The largest absolute Gasteiger partial charge is 0.481 e. The SMILES string of the molecule is COc1cc(N(CC(=O)O)CC(C)C)nc(C)n1. The quantitative estimate of drug-likeness (QED) is 0.824. The zero-order chi connectivity index (χ0) is 13.7. The van der Waals surface area contributed by atoms with Crippen LogP contribution in [0.3, 0.4) is 0 Å². The molecule has 0 spiro atoms. The van der Waals surface area contributed by atoms with Gasteiger partial charge in [-0.2, -0.15) is 4.98 Å². The first-order chi connectivity index (χ1) is 8.42. The topological polar surface area (TPSA) is 75.5 Å². The summed E-state index contributed by atoms with van der Waals surface area (Å²) in [6.07, 6.45) is 0.